The van der Waals surface area contributed by atoms with Crippen LogP contribution in [0.15, 0.2) is 66.7 Å². The number of amides is 2. The van der Waals surface area contributed by atoms with Crippen molar-refractivity contribution >= 4 is 40.9 Å². The van der Waals surface area contributed by atoms with E-state index >= 15 is 0 Å². The molecule has 0 radical (unpaired) electrons. The number of hydrogen-bond donors (Lipinski definition) is 0. The molecule has 0 saturated carbocycles. The second kappa shape index (κ2) is 7.94. The summed E-state index contributed by atoms with van der Waals surface area (Å²) in [5, 5.41) is 0.528. The van der Waals surface area contributed by atoms with E-state index in [2.05, 4.69) is 0 Å². The molecule has 1 saturated heterocycles. The lowest BCUT2D eigenvalue weighted by atomic mass is 10.0. The number of anilines is 1. The van der Waals surface area contributed by atoms with Crippen LogP contribution in [0.5, 0.6) is 0 Å². The molecule has 1 spiro atoms. The van der Waals surface area contributed by atoms with Gasteiger partial charge >= 0.3 is 0 Å². The maximum atomic E-state index is 14.4. The second-order valence-electron chi connectivity index (χ2n) is 8.00. The third kappa shape index (κ3) is 3.29. The Morgan fingerprint density at radius 3 is 2.66 bits per heavy atom. The Bertz CT molecular complexity index is 1230. The number of halogens is 2. The summed E-state index contributed by atoms with van der Waals surface area (Å²) in [6.07, 6.45) is 0. The highest BCUT2D eigenvalue weighted by Gasteiger charge is 2.59. The molecule has 1 atom stereocenters. The summed E-state index contributed by atoms with van der Waals surface area (Å²) in [7, 11) is 0. The quantitative estimate of drug-likeness (QED) is 0.520. The molecule has 1 fully saturated rings. The van der Waals surface area contributed by atoms with E-state index in [1.54, 1.807) is 40.1 Å². The minimum Gasteiger partial charge on any atom is -0.311 e. The molecule has 2 amide bonds. The van der Waals surface area contributed by atoms with Crippen molar-refractivity contribution in [2.75, 3.05) is 17.2 Å². The summed E-state index contributed by atoms with van der Waals surface area (Å²) in [5.74, 6) is -0.337. The predicted octanol–water partition coefficient (Wildman–Crippen LogP) is 5.38. The Labute approximate surface area is 195 Å². The fourth-order valence-electron chi connectivity index (χ4n) is 4.49. The Kier molecular flexibility index (Phi) is 5.22. The van der Waals surface area contributed by atoms with E-state index < -0.39 is 10.7 Å². The Hall–Kier alpha value is -2.83. The van der Waals surface area contributed by atoms with E-state index in [9.17, 15) is 14.0 Å². The van der Waals surface area contributed by atoms with Gasteiger partial charge in [-0.15, -0.1) is 11.8 Å². The third-order valence-electron chi connectivity index (χ3n) is 5.91. The van der Waals surface area contributed by atoms with E-state index in [4.69, 9.17) is 11.6 Å². The molecule has 2 aliphatic rings. The predicted molar refractivity (Wildman–Crippen MR) is 125 cm³/mol. The first-order valence-electron chi connectivity index (χ1n) is 10.3. The van der Waals surface area contributed by atoms with Crippen LogP contribution in [-0.4, -0.2) is 29.0 Å². The van der Waals surface area contributed by atoms with E-state index in [0.29, 0.717) is 40.7 Å². The number of hydrogen-bond acceptors (Lipinski definition) is 3. The van der Waals surface area contributed by atoms with Crippen LogP contribution < -0.4 is 4.90 Å². The summed E-state index contributed by atoms with van der Waals surface area (Å²) in [6.45, 7) is 2.75. The van der Waals surface area contributed by atoms with Gasteiger partial charge in [-0.05, 0) is 55.0 Å². The molecule has 0 unspecified atom stereocenters. The fourth-order valence-corrected chi connectivity index (χ4v) is 6.06. The van der Waals surface area contributed by atoms with E-state index in [0.717, 1.165) is 11.1 Å². The SMILES string of the molecule is Cc1cccc(CN2C(=O)[C@]3(SCCN3C(=O)c3ccc(Cl)cc3)c3cc(F)ccc32)c1. The number of carbonyl (C=O) groups is 2. The molecule has 0 aliphatic carbocycles. The minimum absolute atomic E-state index is 0.218. The standard InChI is InChI=1S/C25H20ClFN2O2S/c1-16-3-2-4-17(13-16)15-28-22-10-9-20(27)14-21(22)25(24(28)31)29(11-12-32-25)23(30)18-5-7-19(26)8-6-18/h2-10,13-14H,11-12,15H2,1H3/t25-/m1/s1. The first kappa shape index (κ1) is 21.0. The van der Waals surface area contributed by atoms with Gasteiger partial charge in [-0.1, -0.05) is 41.4 Å². The van der Waals surface area contributed by atoms with Gasteiger partial charge < -0.3 is 9.80 Å². The topological polar surface area (TPSA) is 40.6 Å². The molecule has 5 rings (SSSR count). The average molecular weight is 467 g/mol. The fraction of sp³-hybridized carbons (Fsp3) is 0.200. The highest BCUT2D eigenvalue weighted by atomic mass is 35.5. The number of aryl methyl sites for hydroxylation is 1. The molecule has 0 bridgehead atoms. The molecule has 3 aromatic carbocycles. The third-order valence-corrected chi connectivity index (χ3v) is 7.59. The molecule has 3 aromatic rings. The van der Waals surface area contributed by atoms with Crippen molar-refractivity contribution in [3.63, 3.8) is 0 Å². The highest BCUT2D eigenvalue weighted by Crippen LogP contribution is 2.54. The molecule has 0 aromatic heterocycles. The number of benzene rings is 3. The monoisotopic (exact) mass is 466 g/mol. The smallest absolute Gasteiger partial charge is 0.268 e. The summed E-state index contributed by atoms with van der Waals surface area (Å²) < 4.78 is 14.4. The second-order valence-corrected chi connectivity index (χ2v) is 9.72. The largest absolute Gasteiger partial charge is 0.311 e. The zero-order valence-electron chi connectivity index (χ0n) is 17.3. The maximum absolute atomic E-state index is 14.4. The summed E-state index contributed by atoms with van der Waals surface area (Å²) >= 11 is 7.36. The van der Waals surface area contributed by atoms with Gasteiger partial charge in [0.25, 0.3) is 11.8 Å². The zero-order chi connectivity index (χ0) is 22.5. The lowest BCUT2D eigenvalue weighted by molar-refractivity contribution is -0.123. The van der Waals surface area contributed by atoms with Gasteiger partial charge in [0.15, 0.2) is 4.87 Å². The molecule has 2 heterocycles. The maximum Gasteiger partial charge on any atom is 0.268 e. The van der Waals surface area contributed by atoms with Crippen LogP contribution in [0.2, 0.25) is 5.02 Å². The number of carbonyl (C=O) groups excluding carboxylic acids is 2. The normalized spacial score (nSPS) is 19.7. The van der Waals surface area contributed by atoms with Gasteiger partial charge in [0.2, 0.25) is 0 Å². The lowest BCUT2D eigenvalue weighted by Gasteiger charge is -2.33. The van der Waals surface area contributed by atoms with Crippen LogP contribution in [0.4, 0.5) is 10.1 Å². The van der Waals surface area contributed by atoms with E-state index in [1.807, 2.05) is 31.2 Å². The summed E-state index contributed by atoms with van der Waals surface area (Å²) in [5.41, 5.74) is 3.68. The molecule has 2 aliphatic heterocycles. The van der Waals surface area contributed by atoms with Crippen molar-refractivity contribution in [3.05, 3.63) is 99.8 Å². The van der Waals surface area contributed by atoms with Crippen LogP contribution in [0.1, 0.15) is 27.0 Å². The van der Waals surface area contributed by atoms with Crippen molar-refractivity contribution in [3.8, 4) is 0 Å². The van der Waals surface area contributed by atoms with Crippen molar-refractivity contribution in [1.82, 2.24) is 4.90 Å². The van der Waals surface area contributed by atoms with Gasteiger partial charge in [-0.3, -0.25) is 9.59 Å². The van der Waals surface area contributed by atoms with Crippen LogP contribution in [0, 0.1) is 12.7 Å². The van der Waals surface area contributed by atoms with Crippen molar-refractivity contribution < 1.29 is 14.0 Å². The molecule has 162 valence electrons. The first-order valence-corrected chi connectivity index (χ1v) is 11.7. The van der Waals surface area contributed by atoms with Gasteiger partial charge in [0.1, 0.15) is 5.82 Å². The zero-order valence-corrected chi connectivity index (χ0v) is 18.9. The average Bonchev–Trinajstić information content (AvgIpc) is 3.31. The van der Waals surface area contributed by atoms with Crippen LogP contribution in [0.25, 0.3) is 0 Å². The Balaban J connectivity index is 1.59. The number of thioether (sulfide) groups is 1. The van der Waals surface area contributed by atoms with E-state index in [1.165, 1.54) is 23.9 Å². The van der Waals surface area contributed by atoms with E-state index in [-0.39, 0.29) is 11.8 Å². The van der Waals surface area contributed by atoms with Crippen LogP contribution in [-0.2, 0) is 16.2 Å². The van der Waals surface area contributed by atoms with Gasteiger partial charge in [0.05, 0.1) is 12.2 Å². The summed E-state index contributed by atoms with van der Waals surface area (Å²) in [4.78, 5) is 29.4. The number of nitrogens with zero attached hydrogens (tertiary/aromatic N) is 2. The molecule has 7 heteroatoms. The van der Waals surface area contributed by atoms with Crippen LogP contribution in [0.3, 0.4) is 0 Å². The van der Waals surface area contributed by atoms with Gasteiger partial charge in [-0.25, -0.2) is 4.39 Å². The van der Waals surface area contributed by atoms with Crippen molar-refractivity contribution in [2.24, 2.45) is 0 Å². The lowest BCUT2D eigenvalue weighted by Crippen LogP contribution is -2.50. The minimum atomic E-state index is -1.28. The molecular formula is C25H20ClFN2O2S. The number of rotatable bonds is 3. The van der Waals surface area contributed by atoms with Crippen molar-refractivity contribution in [2.45, 2.75) is 18.3 Å². The van der Waals surface area contributed by atoms with Crippen LogP contribution >= 0.6 is 23.4 Å². The van der Waals surface area contributed by atoms with Gasteiger partial charge in [0, 0.05) is 28.4 Å². The number of fused-ring (bicyclic) bond motifs is 2. The van der Waals surface area contributed by atoms with Crippen molar-refractivity contribution in [1.29, 1.82) is 0 Å². The first-order chi connectivity index (χ1) is 15.4. The Morgan fingerprint density at radius 2 is 1.91 bits per heavy atom. The van der Waals surface area contributed by atoms with Gasteiger partial charge in [-0.2, -0.15) is 0 Å². The molecule has 0 N–H and O–H groups in total. The highest BCUT2D eigenvalue weighted by molar-refractivity contribution is 8.01. The molecular weight excluding hydrogens is 447 g/mol. The Morgan fingerprint density at radius 1 is 1.12 bits per heavy atom. The summed E-state index contributed by atoms with van der Waals surface area (Å²) in [6, 6.07) is 18.9. The molecule has 32 heavy (non-hydrogen) atoms. The molecule has 4 nitrogen and oxygen atoms in total.